The lowest BCUT2D eigenvalue weighted by atomic mass is 9.90. The van der Waals surface area contributed by atoms with E-state index < -0.39 is 5.54 Å². The van der Waals surface area contributed by atoms with Crippen molar-refractivity contribution in [2.75, 3.05) is 4.90 Å². The molecule has 1 atom stereocenters. The Kier molecular flexibility index (Phi) is 6.63. The van der Waals surface area contributed by atoms with Crippen molar-refractivity contribution >= 4 is 17.5 Å². The number of hydrogen-bond acceptors (Lipinski definition) is 3. The molecule has 1 aromatic heterocycles. The molecule has 2 amide bonds. The van der Waals surface area contributed by atoms with Gasteiger partial charge in [-0.15, -0.1) is 0 Å². The Bertz CT molecular complexity index is 1070. The maximum absolute atomic E-state index is 14.0. The molecular formula is C28H40N4O2. The van der Waals surface area contributed by atoms with Crippen molar-refractivity contribution in [1.82, 2.24) is 15.1 Å². The van der Waals surface area contributed by atoms with E-state index in [1.54, 1.807) is 9.58 Å². The van der Waals surface area contributed by atoms with Crippen molar-refractivity contribution in [1.29, 1.82) is 0 Å². The van der Waals surface area contributed by atoms with Gasteiger partial charge < -0.3 is 5.32 Å². The molecule has 0 unspecified atom stereocenters. The zero-order valence-electron chi connectivity index (χ0n) is 21.7. The van der Waals surface area contributed by atoms with Crippen molar-refractivity contribution in [3.8, 4) is 0 Å². The summed E-state index contributed by atoms with van der Waals surface area (Å²) in [7, 11) is 0. The zero-order chi connectivity index (χ0) is 24.7. The van der Waals surface area contributed by atoms with E-state index in [0.29, 0.717) is 12.2 Å². The quantitative estimate of drug-likeness (QED) is 0.657. The highest BCUT2D eigenvalue weighted by Crippen LogP contribution is 2.36. The summed E-state index contributed by atoms with van der Waals surface area (Å²) in [4.78, 5) is 29.7. The number of amides is 2. The van der Waals surface area contributed by atoms with E-state index in [9.17, 15) is 9.59 Å². The Morgan fingerprint density at radius 2 is 1.71 bits per heavy atom. The molecule has 34 heavy (non-hydrogen) atoms. The van der Waals surface area contributed by atoms with Crippen LogP contribution in [0.5, 0.6) is 0 Å². The van der Waals surface area contributed by atoms with E-state index in [1.165, 1.54) is 19.3 Å². The van der Waals surface area contributed by atoms with Crippen molar-refractivity contribution in [3.05, 3.63) is 46.8 Å². The maximum atomic E-state index is 14.0. The van der Waals surface area contributed by atoms with Gasteiger partial charge in [-0.05, 0) is 51.3 Å². The highest BCUT2D eigenvalue weighted by molar-refractivity contribution is 6.12. The van der Waals surface area contributed by atoms with E-state index in [1.807, 2.05) is 39.0 Å². The summed E-state index contributed by atoms with van der Waals surface area (Å²) in [5, 5.41) is 8.12. The smallest absolute Gasteiger partial charge is 0.277 e. The number of anilines is 1. The van der Waals surface area contributed by atoms with Crippen LogP contribution in [0, 0.1) is 13.8 Å². The van der Waals surface area contributed by atoms with Gasteiger partial charge in [-0.2, -0.15) is 5.10 Å². The van der Waals surface area contributed by atoms with Crippen LogP contribution < -0.4 is 10.2 Å². The predicted octanol–water partition coefficient (Wildman–Crippen LogP) is 5.45. The molecule has 2 aliphatic rings. The monoisotopic (exact) mass is 464 g/mol. The van der Waals surface area contributed by atoms with Crippen molar-refractivity contribution in [2.24, 2.45) is 0 Å². The molecule has 0 saturated heterocycles. The lowest BCUT2D eigenvalue weighted by Gasteiger charge is -2.44. The van der Waals surface area contributed by atoms with Gasteiger partial charge in [0.25, 0.3) is 5.91 Å². The molecule has 0 spiro atoms. The average Bonchev–Trinajstić information content (AvgIpc) is 3.16. The third-order valence-corrected chi connectivity index (χ3v) is 7.44. The Morgan fingerprint density at radius 3 is 2.32 bits per heavy atom. The van der Waals surface area contributed by atoms with E-state index in [2.05, 4.69) is 32.2 Å². The third-order valence-electron chi connectivity index (χ3n) is 7.44. The summed E-state index contributed by atoms with van der Waals surface area (Å²) in [6.07, 6.45) is 8.01. The third kappa shape index (κ3) is 4.64. The van der Waals surface area contributed by atoms with Crippen LogP contribution >= 0.6 is 0 Å². The first-order valence-corrected chi connectivity index (χ1v) is 12.8. The average molecular weight is 465 g/mol. The number of nitrogens with one attached hydrogen (secondary N) is 1. The van der Waals surface area contributed by atoms with E-state index in [-0.39, 0.29) is 23.3 Å². The van der Waals surface area contributed by atoms with E-state index in [0.717, 1.165) is 48.2 Å². The topological polar surface area (TPSA) is 67.2 Å². The molecule has 0 bridgehead atoms. The SMILES string of the molecule is Cc1ccc(N2C(=O)c3cc(C(C)(C)C)nn3C[C@@]2(C)C(=O)NC2CCCCCCC2)c(C)c1. The lowest BCUT2D eigenvalue weighted by molar-refractivity contribution is -0.127. The normalized spacial score (nSPS) is 22.2. The van der Waals surface area contributed by atoms with Crippen LogP contribution in [0.3, 0.4) is 0 Å². The molecule has 6 heteroatoms. The van der Waals surface area contributed by atoms with Crippen LogP contribution in [0.1, 0.15) is 99.9 Å². The fourth-order valence-corrected chi connectivity index (χ4v) is 5.32. The Labute approximate surface area is 204 Å². The van der Waals surface area contributed by atoms with Gasteiger partial charge in [0.05, 0.1) is 12.2 Å². The summed E-state index contributed by atoms with van der Waals surface area (Å²) >= 11 is 0. The molecule has 184 valence electrons. The lowest BCUT2D eigenvalue weighted by Crippen LogP contribution is -2.65. The molecule has 0 radical (unpaired) electrons. The van der Waals surface area contributed by atoms with Gasteiger partial charge in [-0.25, -0.2) is 0 Å². The van der Waals surface area contributed by atoms with Crippen LogP contribution in [0.25, 0.3) is 0 Å². The van der Waals surface area contributed by atoms with Gasteiger partial charge >= 0.3 is 0 Å². The Hall–Kier alpha value is -2.63. The van der Waals surface area contributed by atoms with Gasteiger partial charge in [-0.3, -0.25) is 19.2 Å². The fourth-order valence-electron chi connectivity index (χ4n) is 5.32. The van der Waals surface area contributed by atoms with Gasteiger partial charge in [0.1, 0.15) is 11.2 Å². The first-order chi connectivity index (χ1) is 16.0. The minimum absolute atomic E-state index is 0.0927. The molecular weight excluding hydrogens is 424 g/mol. The van der Waals surface area contributed by atoms with Crippen molar-refractivity contribution in [2.45, 2.75) is 110 Å². The second kappa shape index (κ2) is 9.20. The number of carbonyl (C=O) groups excluding carboxylic acids is 2. The molecule has 1 aliphatic carbocycles. The Balaban J connectivity index is 1.76. The molecule has 4 rings (SSSR count). The summed E-state index contributed by atoms with van der Waals surface area (Å²) < 4.78 is 1.75. The molecule has 1 aliphatic heterocycles. The van der Waals surface area contributed by atoms with Crippen LogP contribution in [-0.2, 0) is 16.8 Å². The molecule has 2 aromatic rings. The number of nitrogens with zero attached hydrogens (tertiary/aromatic N) is 3. The number of hydrogen-bond donors (Lipinski definition) is 1. The number of fused-ring (bicyclic) bond motifs is 1. The van der Waals surface area contributed by atoms with Gasteiger partial charge in [0.15, 0.2) is 0 Å². The van der Waals surface area contributed by atoms with Gasteiger partial charge in [0.2, 0.25) is 5.91 Å². The first kappa shape index (κ1) is 24.5. The predicted molar refractivity (Wildman–Crippen MR) is 136 cm³/mol. The standard InChI is InChI=1S/C28H40N4O2/c1-19-14-15-22(20(2)16-19)32-25(33)23-17-24(27(3,4)5)30-31(23)18-28(32,6)26(34)29-21-12-10-8-7-9-11-13-21/h14-17,21H,7-13,18H2,1-6H3,(H,29,34)/t28-/m0/s1. The second-order valence-corrected chi connectivity index (χ2v) is 11.5. The molecule has 6 nitrogen and oxygen atoms in total. The number of aromatic nitrogens is 2. The highest BCUT2D eigenvalue weighted by Gasteiger charge is 2.50. The van der Waals surface area contributed by atoms with Gasteiger partial charge in [0, 0.05) is 17.1 Å². The summed E-state index contributed by atoms with van der Waals surface area (Å²) in [5.41, 5.74) is 3.05. The Morgan fingerprint density at radius 1 is 1.06 bits per heavy atom. The fraction of sp³-hybridized carbons (Fsp3) is 0.607. The highest BCUT2D eigenvalue weighted by atomic mass is 16.2. The molecule has 1 aromatic carbocycles. The molecule has 1 N–H and O–H groups in total. The summed E-state index contributed by atoms with van der Waals surface area (Å²) in [6, 6.07) is 8.10. The minimum Gasteiger partial charge on any atom is -0.351 e. The molecule has 1 saturated carbocycles. The van der Waals surface area contributed by atoms with Crippen LogP contribution in [0.2, 0.25) is 0 Å². The van der Waals surface area contributed by atoms with Crippen molar-refractivity contribution < 1.29 is 9.59 Å². The number of aryl methyl sites for hydroxylation is 2. The molecule has 1 fully saturated rings. The largest absolute Gasteiger partial charge is 0.351 e. The van der Waals surface area contributed by atoms with E-state index in [4.69, 9.17) is 5.10 Å². The second-order valence-electron chi connectivity index (χ2n) is 11.5. The zero-order valence-corrected chi connectivity index (χ0v) is 21.7. The summed E-state index contributed by atoms with van der Waals surface area (Å²) in [6.45, 7) is 12.5. The number of rotatable bonds is 3. The van der Waals surface area contributed by atoms with E-state index >= 15 is 0 Å². The van der Waals surface area contributed by atoms with Crippen LogP contribution in [0.4, 0.5) is 5.69 Å². The number of carbonyl (C=O) groups is 2. The van der Waals surface area contributed by atoms with Crippen LogP contribution in [0.15, 0.2) is 24.3 Å². The van der Waals surface area contributed by atoms with Crippen molar-refractivity contribution in [3.63, 3.8) is 0 Å². The number of benzene rings is 1. The van der Waals surface area contributed by atoms with Crippen LogP contribution in [-0.4, -0.2) is 33.2 Å². The maximum Gasteiger partial charge on any atom is 0.277 e. The molecule has 2 heterocycles. The summed E-state index contributed by atoms with van der Waals surface area (Å²) in [5.74, 6) is -0.263. The first-order valence-electron chi connectivity index (χ1n) is 12.8. The minimum atomic E-state index is -1.08. The van der Waals surface area contributed by atoms with Gasteiger partial charge in [-0.1, -0.05) is 70.6 Å².